The summed E-state index contributed by atoms with van der Waals surface area (Å²) in [6, 6.07) is -2.48. The van der Waals surface area contributed by atoms with Crippen molar-refractivity contribution in [2.75, 3.05) is 13.2 Å². The number of carbonyl (C=O) groups is 1. The van der Waals surface area contributed by atoms with Gasteiger partial charge in [0.25, 0.3) is 0 Å². The van der Waals surface area contributed by atoms with E-state index >= 15 is 0 Å². The van der Waals surface area contributed by atoms with Crippen LogP contribution >= 0.6 is 0 Å². The third-order valence-electron chi connectivity index (χ3n) is 4.46. The number of hydrogen-bond acceptors (Lipinski definition) is 11. The van der Waals surface area contributed by atoms with Crippen molar-refractivity contribution in [1.29, 1.82) is 0 Å². The van der Waals surface area contributed by atoms with Crippen LogP contribution in [0.2, 0.25) is 0 Å². The van der Waals surface area contributed by atoms with Gasteiger partial charge >= 0.3 is 0 Å². The molecule has 2 saturated heterocycles. The molecule has 0 saturated carbocycles. The summed E-state index contributed by atoms with van der Waals surface area (Å²) in [7, 11) is 0. The minimum absolute atomic E-state index is 0.539. The van der Waals surface area contributed by atoms with E-state index in [4.69, 9.17) is 19.9 Å². The number of amides is 1. The van der Waals surface area contributed by atoms with E-state index in [0.29, 0.717) is 0 Å². The maximum Gasteiger partial charge on any atom is 0.217 e. The highest BCUT2D eigenvalue weighted by atomic mass is 16.7. The lowest BCUT2D eigenvalue weighted by molar-refractivity contribution is -0.325. The molecule has 2 rings (SSSR count). The van der Waals surface area contributed by atoms with Gasteiger partial charge in [-0.2, -0.15) is 0 Å². The second-order valence-electron chi connectivity index (χ2n) is 6.35. The van der Waals surface area contributed by atoms with Gasteiger partial charge in [-0.15, -0.1) is 0 Å². The second kappa shape index (κ2) is 8.84. The van der Waals surface area contributed by atoms with E-state index in [-0.39, 0.29) is 0 Å². The minimum atomic E-state index is -1.59. The molecule has 0 aliphatic carbocycles. The first-order valence-electron chi connectivity index (χ1n) is 8.14. The molecule has 0 aromatic heterocycles. The largest absolute Gasteiger partial charge is 0.394 e. The van der Waals surface area contributed by atoms with Crippen molar-refractivity contribution in [2.24, 2.45) is 5.73 Å². The number of rotatable bonds is 5. The Morgan fingerprint density at radius 3 is 2.19 bits per heavy atom. The summed E-state index contributed by atoms with van der Waals surface area (Å²) >= 11 is 0. The van der Waals surface area contributed by atoms with Crippen LogP contribution in [0.15, 0.2) is 0 Å². The lowest BCUT2D eigenvalue weighted by Crippen LogP contribution is -2.68. The number of carbonyl (C=O) groups excluding carboxylic acids is 1. The summed E-state index contributed by atoms with van der Waals surface area (Å²) in [6.45, 7) is -0.0789. The third-order valence-corrected chi connectivity index (χ3v) is 4.46. The van der Waals surface area contributed by atoms with Crippen molar-refractivity contribution in [3.05, 3.63) is 0 Å². The Kier molecular flexibility index (Phi) is 7.27. The number of aliphatic hydroxyl groups is 6. The molecule has 2 unspecified atom stereocenters. The Hall–Kier alpha value is -0.930. The van der Waals surface area contributed by atoms with Gasteiger partial charge in [-0.25, -0.2) is 0 Å². The Balaban J connectivity index is 2.16. The highest BCUT2D eigenvalue weighted by Crippen LogP contribution is 2.28. The highest BCUT2D eigenvalue weighted by Gasteiger charge is 2.50. The molecule has 26 heavy (non-hydrogen) atoms. The zero-order valence-corrected chi connectivity index (χ0v) is 14.1. The smallest absolute Gasteiger partial charge is 0.217 e. The maximum absolute atomic E-state index is 11.3. The van der Waals surface area contributed by atoms with Crippen LogP contribution in [0.5, 0.6) is 0 Å². The van der Waals surface area contributed by atoms with Crippen LogP contribution in [0, 0.1) is 0 Å². The molecule has 12 nitrogen and oxygen atoms in total. The first kappa shape index (κ1) is 21.4. The van der Waals surface area contributed by atoms with Gasteiger partial charge in [0.1, 0.15) is 42.7 Å². The molecule has 0 bridgehead atoms. The molecule has 2 aliphatic rings. The van der Waals surface area contributed by atoms with Gasteiger partial charge in [-0.1, -0.05) is 0 Å². The number of nitrogens with two attached hydrogens (primary N) is 1. The molecule has 2 heterocycles. The molecule has 0 radical (unpaired) electrons. The van der Waals surface area contributed by atoms with E-state index in [1.165, 1.54) is 6.92 Å². The summed E-state index contributed by atoms with van der Waals surface area (Å²) in [5, 5.41) is 61.1. The van der Waals surface area contributed by atoms with Gasteiger partial charge in [0.05, 0.1) is 19.3 Å². The van der Waals surface area contributed by atoms with E-state index in [9.17, 15) is 35.4 Å². The Morgan fingerprint density at radius 1 is 1.04 bits per heavy atom. The topological polar surface area (TPSA) is 204 Å². The van der Waals surface area contributed by atoms with Crippen molar-refractivity contribution in [2.45, 2.75) is 68.2 Å². The normalized spacial score (nSPS) is 46.8. The Morgan fingerprint density at radius 2 is 1.65 bits per heavy atom. The van der Waals surface area contributed by atoms with Crippen molar-refractivity contribution in [3.63, 3.8) is 0 Å². The van der Waals surface area contributed by atoms with Crippen LogP contribution < -0.4 is 11.1 Å². The number of nitrogens with one attached hydrogen (secondary N) is 1. The molecule has 10 atom stereocenters. The van der Waals surface area contributed by atoms with Crippen LogP contribution in [-0.4, -0.2) is 111 Å². The van der Waals surface area contributed by atoms with E-state index in [1.807, 2.05) is 0 Å². The zero-order chi connectivity index (χ0) is 19.6. The SMILES string of the molecule is CC(=O)N[C@H]1C(O)O[C@H](CO)[C@@H](OC2O[C@H](CO)[C@@H](O)[C@H](O)[C@H]2N)[C@@H]1O. The molecule has 9 N–H and O–H groups in total. The fourth-order valence-electron chi connectivity index (χ4n) is 3.02. The van der Waals surface area contributed by atoms with Gasteiger partial charge in [-0.05, 0) is 0 Å². The first-order valence-corrected chi connectivity index (χ1v) is 8.14. The standard InChI is InChI=1S/C14H26N2O10/c1-4(19)16-8-11(22)12(6(3-18)24-13(8)23)26-14-7(15)10(21)9(20)5(2-17)25-14/h5-14,17-18,20-23H,2-3,15H2,1H3,(H,16,19)/t5-,6-,7-,8-,9-,10-,11-,12-,13?,14?/m1/s1. The average Bonchev–Trinajstić information content (AvgIpc) is 2.60. The fourth-order valence-corrected chi connectivity index (χ4v) is 3.02. The van der Waals surface area contributed by atoms with Crippen molar-refractivity contribution >= 4 is 5.91 Å². The molecular weight excluding hydrogens is 356 g/mol. The molecule has 0 aromatic rings. The Bertz CT molecular complexity index is 481. The van der Waals surface area contributed by atoms with Gasteiger partial charge < -0.3 is 55.9 Å². The van der Waals surface area contributed by atoms with E-state index < -0.39 is 80.4 Å². The fraction of sp³-hybridized carbons (Fsp3) is 0.929. The summed E-state index contributed by atoms with van der Waals surface area (Å²) < 4.78 is 16.0. The highest BCUT2D eigenvalue weighted by molar-refractivity contribution is 5.73. The van der Waals surface area contributed by atoms with Gasteiger partial charge in [-0.3, -0.25) is 4.79 Å². The first-order chi connectivity index (χ1) is 12.2. The molecule has 1 amide bonds. The summed E-state index contributed by atoms with van der Waals surface area (Å²) in [4.78, 5) is 11.3. The third kappa shape index (κ3) is 4.31. The summed E-state index contributed by atoms with van der Waals surface area (Å²) in [5.41, 5.74) is 5.78. The predicted octanol–water partition coefficient (Wildman–Crippen LogP) is -5.29. The van der Waals surface area contributed by atoms with Gasteiger partial charge in [0.2, 0.25) is 5.91 Å². The number of hydrogen-bond donors (Lipinski definition) is 8. The lowest BCUT2D eigenvalue weighted by atomic mass is 9.95. The molecule has 2 aliphatic heterocycles. The van der Waals surface area contributed by atoms with Crippen LogP contribution in [0.4, 0.5) is 0 Å². The number of ether oxygens (including phenoxy) is 3. The van der Waals surface area contributed by atoms with Crippen molar-refractivity contribution in [3.8, 4) is 0 Å². The molecule has 0 aromatic carbocycles. The van der Waals surface area contributed by atoms with Crippen LogP contribution in [0.25, 0.3) is 0 Å². The predicted molar refractivity (Wildman–Crippen MR) is 82.2 cm³/mol. The van der Waals surface area contributed by atoms with E-state index in [2.05, 4.69) is 5.32 Å². The molecule has 12 heteroatoms. The van der Waals surface area contributed by atoms with E-state index in [0.717, 1.165) is 0 Å². The molecule has 2 fully saturated rings. The molecule has 0 spiro atoms. The van der Waals surface area contributed by atoms with Gasteiger partial charge in [0, 0.05) is 6.92 Å². The summed E-state index contributed by atoms with van der Waals surface area (Å²) in [6.07, 6.45) is -11.0. The monoisotopic (exact) mass is 382 g/mol. The van der Waals surface area contributed by atoms with Crippen molar-refractivity contribution in [1.82, 2.24) is 5.32 Å². The molecule has 152 valence electrons. The quantitative estimate of drug-likeness (QED) is 0.225. The number of aliphatic hydroxyl groups excluding tert-OH is 6. The summed E-state index contributed by atoms with van der Waals surface area (Å²) in [5.74, 6) is -0.539. The van der Waals surface area contributed by atoms with Crippen LogP contribution in [0.1, 0.15) is 6.92 Å². The zero-order valence-electron chi connectivity index (χ0n) is 14.1. The van der Waals surface area contributed by atoms with Crippen molar-refractivity contribution < 1.29 is 49.6 Å². The molecular formula is C14H26N2O10. The maximum atomic E-state index is 11.3. The van der Waals surface area contributed by atoms with Crippen LogP contribution in [-0.2, 0) is 19.0 Å². The van der Waals surface area contributed by atoms with Crippen LogP contribution in [0.3, 0.4) is 0 Å². The second-order valence-corrected chi connectivity index (χ2v) is 6.35. The lowest BCUT2D eigenvalue weighted by Gasteiger charge is -2.46. The average molecular weight is 382 g/mol. The van der Waals surface area contributed by atoms with E-state index in [1.54, 1.807) is 0 Å². The van der Waals surface area contributed by atoms with Gasteiger partial charge in [0.15, 0.2) is 12.6 Å². The Labute approximate surface area is 149 Å². The minimum Gasteiger partial charge on any atom is -0.394 e.